The van der Waals surface area contributed by atoms with E-state index in [1.807, 2.05) is 11.3 Å². The molecule has 0 saturated heterocycles. The lowest BCUT2D eigenvalue weighted by molar-refractivity contribution is 1.08. The summed E-state index contributed by atoms with van der Waals surface area (Å²) in [5, 5.41) is 9.91. The van der Waals surface area contributed by atoms with Gasteiger partial charge < -0.3 is 0 Å². The molecule has 0 aliphatic carbocycles. The third-order valence-electron chi connectivity index (χ3n) is 8.03. The highest BCUT2D eigenvalue weighted by Gasteiger charge is 2.25. The fourth-order valence-electron chi connectivity index (χ4n) is 6.44. The van der Waals surface area contributed by atoms with Crippen molar-refractivity contribution in [2.24, 2.45) is 0 Å². The van der Waals surface area contributed by atoms with Gasteiger partial charge in [0, 0.05) is 46.4 Å². The molecule has 41 heavy (non-hydrogen) atoms. The lowest BCUT2D eigenvalue weighted by atomic mass is 9.99. The summed E-state index contributed by atoms with van der Waals surface area (Å²) < 4.78 is 6.10. The minimum absolute atomic E-state index is 0.256. The van der Waals surface area contributed by atoms with Gasteiger partial charge in [0.15, 0.2) is 5.82 Å². The molecule has 0 aliphatic rings. The first kappa shape index (κ1) is 23.4. The molecule has 0 radical (unpaired) electrons. The first-order valence-electron chi connectivity index (χ1n) is 13.5. The zero-order chi connectivity index (χ0) is 27.2. The van der Waals surface area contributed by atoms with Gasteiger partial charge in [-0.25, -0.2) is 4.98 Å². The summed E-state index contributed by atoms with van der Waals surface area (Å²) in [6.45, 7) is 2.06. The van der Waals surface area contributed by atoms with Crippen LogP contribution in [-0.2, 0) is 0 Å². The summed E-state index contributed by atoms with van der Waals surface area (Å²) >= 11 is 10.2. The van der Waals surface area contributed by atoms with Crippen molar-refractivity contribution >= 4 is 113 Å². The zero-order valence-corrected chi connectivity index (χ0v) is 24.2. The van der Waals surface area contributed by atoms with Crippen LogP contribution in [0.4, 0.5) is 0 Å². The Morgan fingerprint density at radius 1 is 0.683 bits per heavy atom. The molecule has 6 heteroatoms. The minimum atomic E-state index is 0.256. The number of thiophene rings is 2. The van der Waals surface area contributed by atoms with Gasteiger partial charge in [-0.05, 0) is 53.7 Å². The number of nitrogens with zero attached hydrogens (tertiary/aromatic N) is 3. The average Bonchev–Trinajstić information content (AvgIpc) is 3.66. The number of rotatable bonds is 2. The van der Waals surface area contributed by atoms with Crippen molar-refractivity contribution in [2.45, 2.75) is 6.92 Å². The van der Waals surface area contributed by atoms with Crippen LogP contribution in [0.1, 0.15) is 12.5 Å². The molecule has 5 aromatic carbocycles. The molecule has 0 bridgehead atoms. The second-order valence-electron chi connectivity index (χ2n) is 10.3. The lowest BCUT2D eigenvalue weighted by Gasteiger charge is -2.11. The van der Waals surface area contributed by atoms with E-state index >= 15 is 0 Å². The molecular formula is C35H20ClN3S2. The summed E-state index contributed by atoms with van der Waals surface area (Å²) in [5.74, 6) is 0.822. The van der Waals surface area contributed by atoms with Gasteiger partial charge in [0.1, 0.15) is 4.83 Å². The fourth-order valence-corrected chi connectivity index (χ4v) is 8.97. The zero-order valence-electron chi connectivity index (χ0n) is 21.9. The molecule has 194 valence electrons. The smallest absolute Gasteiger partial charge is 0.225 e. The van der Waals surface area contributed by atoms with Crippen molar-refractivity contribution in [3.63, 3.8) is 0 Å². The number of fused-ring (bicyclic) bond motifs is 13. The Morgan fingerprint density at radius 3 is 2.15 bits per heavy atom. The molecule has 0 fully saturated rings. The van der Waals surface area contributed by atoms with Crippen molar-refractivity contribution in [2.75, 3.05) is 0 Å². The van der Waals surface area contributed by atoms with Crippen molar-refractivity contribution in [1.29, 1.82) is 0 Å². The van der Waals surface area contributed by atoms with Gasteiger partial charge in [0.25, 0.3) is 0 Å². The number of benzene rings is 5. The van der Waals surface area contributed by atoms with Crippen LogP contribution in [0, 0.1) is 0 Å². The highest BCUT2D eigenvalue weighted by molar-refractivity contribution is 7.27. The molecule has 9 rings (SSSR count). The molecule has 0 N–H and O–H groups in total. The first-order valence-corrected chi connectivity index (χ1v) is 15.5. The fraction of sp³-hybridized carbons (Fsp3) is 0.0286. The Balaban J connectivity index is 1.63. The van der Waals surface area contributed by atoms with Crippen LogP contribution in [0.25, 0.3) is 84.9 Å². The standard InChI is InChI=1S/C35H20ClN3S2/c1-2-9-19-16-17-25-24(18-19)28-20-10-3-4-11-21(20)32-29(22-12-5-7-14-26(22)40-32)31(28)39(25)33-30-23-13-6-8-15-27(23)41-34(30)38-35(36)37-33/h2-18H,1H3/b9-2+. The normalized spacial score (nSPS) is 12.5. The molecule has 9 aromatic rings. The number of hydrogen-bond acceptors (Lipinski definition) is 4. The summed E-state index contributed by atoms with van der Waals surface area (Å²) in [7, 11) is 0. The van der Waals surface area contributed by atoms with E-state index < -0.39 is 0 Å². The van der Waals surface area contributed by atoms with Gasteiger partial charge in [-0.15, -0.1) is 22.7 Å². The van der Waals surface area contributed by atoms with Gasteiger partial charge >= 0.3 is 0 Å². The second-order valence-corrected chi connectivity index (χ2v) is 12.7. The van der Waals surface area contributed by atoms with Crippen LogP contribution in [0.2, 0.25) is 5.28 Å². The third-order valence-corrected chi connectivity index (χ3v) is 10.5. The Hall–Kier alpha value is -4.29. The van der Waals surface area contributed by atoms with Crippen LogP contribution in [0.3, 0.4) is 0 Å². The van der Waals surface area contributed by atoms with Gasteiger partial charge in [-0.1, -0.05) is 78.9 Å². The highest BCUT2D eigenvalue weighted by atomic mass is 35.5. The monoisotopic (exact) mass is 581 g/mol. The van der Waals surface area contributed by atoms with Gasteiger partial charge in [-0.3, -0.25) is 4.57 Å². The van der Waals surface area contributed by atoms with Gasteiger partial charge in [0.05, 0.1) is 16.4 Å². The van der Waals surface area contributed by atoms with E-state index in [-0.39, 0.29) is 5.28 Å². The largest absolute Gasteiger partial charge is 0.292 e. The summed E-state index contributed by atoms with van der Waals surface area (Å²) in [6, 6.07) is 32.8. The van der Waals surface area contributed by atoms with Gasteiger partial charge in [0.2, 0.25) is 5.28 Å². The topological polar surface area (TPSA) is 30.7 Å². The molecule has 0 aliphatic heterocycles. The van der Waals surface area contributed by atoms with E-state index in [0.717, 1.165) is 32.5 Å². The van der Waals surface area contributed by atoms with Crippen molar-refractivity contribution < 1.29 is 0 Å². The molecule has 0 unspecified atom stereocenters. The molecule has 0 saturated carbocycles. The Bertz CT molecular complexity index is 2570. The Kier molecular flexibility index (Phi) is 4.91. The van der Waals surface area contributed by atoms with Crippen molar-refractivity contribution in [3.8, 4) is 5.82 Å². The minimum Gasteiger partial charge on any atom is -0.292 e. The molecule has 3 nitrogen and oxygen atoms in total. The molecular weight excluding hydrogens is 562 g/mol. The van der Waals surface area contributed by atoms with Crippen molar-refractivity contribution in [1.82, 2.24) is 14.5 Å². The predicted molar refractivity (Wildman–Crippen MR) is 179 cm³/mol. The van der Waals surface area contributed by atoms with Crippen LogP contribution in [0.15, 0.2) is 97.1 Å². The molecule has 0 atom stereocenters. The maximum absolute atomic E-state index is 6.69. The van der Waals surface area contributed by atoms with Crippen LogP contribution in [-0.4, -0.2) is 14.5 Å². The summed E-state index contributed by atoms with van der Waals surface area (Å²) in [5.41, 5.74) is 3.44. The first-order chi connectivity index (χ1) is 20.2. The summed E-state index contributed by atoms with van der Waals surface area (Å²) in [4.78, 5) is 10.6. The highest BCUT2D eigenvalue weighted by Crippen LogP contribution is 2.49. The molecule has 4 aromatic heterocycles. The number of halogens is 1. The average molecular weight is 582 g/mol. The van der Waals surface area contributed by atoms with Crippen LogP contribution < -0.4 is 0 Å². The lowest BCUT2D eigenvalue weighted by Crippen LogP contribution is -2.00. The quantitative estimate of drug-likeness (QED) is 0.190. The van der Waals surface area contributed by atoms with E-state index in [9.17, 15) is 0 Å². The maximum Gasteiger partial charge on any atom is 0.225 e. The number of hydrogen-bond donors (Lipinski definition) is 0. The SMILES string of the molecule is C/C=C/c1ccc2c(c1)c1c3ccccc3c3sc4ccccc4c3c1n2-c1nc(Cl)nc2sc3ccccc3c12. The third kappa shape index (κ3) is 3.19. The van der Waals surface area contributed by atoms with Crippen LogP contribution >= 0.6 is 34.3 Å². The van der Waals surface area contributed by atoms with E-state index in [4.69, 9.17) is 16.6 Å². The van der Waals surface area contributed by atoms with Gasteiger partial charge in [-0.2, -0.15) is 4.98 Å². The van der Waals surface area contributed by atoms with E-state index in [1.54, 1.807) is 11.3 Å². The molecule has 0 spiro atoms. The predicted octanol–water partition coefficient (Wildman–Crippen LogP) is 11.1. The van der Waals surface area contributed by atoms with Crippen LogP contribution in [0.5, 0.6) is 0 Å². The van der Waals surface area contributed by atoms with E-state index in [2.05, 4.69) is 120 Å². The van der Waals surface area contributed by atoms with Crippen molar-refractivity contribution in [3.05, 3.63) is 108 Å². The number of allylic oxidation sites excluding steroid dienone is 1. The number of aromatic nitrogens is 3. The Labute approximate surface area is 247 Å². The second kappa shape index (κ2) is 8.60. The molecule has 4 heterocycles. The maximum atomic E-state index is 6.69. The van der Waals surface area contributed by atoms with E-state index in [1.165, 1.54) is 52.0 Å². The molecule has 0 amide bonds. The summed E-state index contributed by atoms with van der Waals surface area (Å²) in [6.07, 6.45) is 4.25. The van der Waals surface area contributed by atoms with E-state index in [0.29, 0.717) is 0 Å². The Morgan fingerprint density at radius 2 is 1.37 bits per heavy atom.